The Balaban J connectivity index is 2.35. The van der Waals surface area contributed by atoms with E-state index in [1.165, 1.54) is 0 Å². The van der Waals surface area contributed by atoms with Crippen molar-refractivity contribution in [3.8, 4) is 0 Å². The standard InChI is InChI=1S/C27H41N3O5/c1-6-7-11-18(4)23-16-24(31)29-21(15-20-12-9-8-10-13-20)26(33)28-19(5)25(32)30-22(14-17(2)3)27(34)35-23/h8-10,12-13,17-19,21-23H,6-7,11,14-16H2,1-5H3,(H,28,33)(H,29,31)(H,30,32)/t18-,19-,21?,22+,23-/m0/s1. The van der Waals surface area contributed by atoms with Gasteiger partial charge in [-0.25, -0.2) is 4.79 Å². The molecule has 1 aromatic carbocycles. The first-order chi connectivity index (χ1) is 16.6. The van der Waals surface area contributed by atoms with Crippen LogP contribution >= 0.6 is 0 Å². The number of amides is 3. The summed E-state index contributed by atoms with van der Waals surface area (Å²) in [6.45, 7) is 9.51. The van der Waals surface area contributed by atoms with E-state index in [1.807, 2.05) is 51.1 Å². The monoisotopic (exact) mass is 487 g/mol. The number of esters is 1. The van der Waals surface area contributed by atoms with Gasteiger partial charge in [-0.15, -0.1) is 0 Å². The molecule has 0 aromatic heterocycles. The second kappa shape index (κ2) is 13.9. The van der Waals surface area contributed by atoms with Crippen LogP contribution in [0, 0.1) is 11.8 Å². The number of cyclic esters (lactones) is 1. The van der Waals surface area contributed by atoms with Crippen molar-refractivity contribution in [3.05, 3.63) is 35.9 Å². The second-order valence-electron chi connectivity index (χ2n) is 10.0. The Kier molecular flexibility index (Phi) is 11.2. The molecule has 0 saturated carbocycles. The molecule has 1 saturated heterocycles. The Morgan fingerprint density at radius 3 is 2.26 bits per heavy atom. The summed E-state index contributed by atoms with van der Waals surface area (Å²) >= 11 is 0. The fourth-order valence-corrected chi connectivity index (χ4v) is 4.16. The molecule has 0 bridgehead atoms. The first-order valence-corrected chi connectivity index (χ1v) is 12.7. The average molecular weight is 488 g/mol. The van der Waals surface area contributed by atoms with Gasteiger partial charge in [-0.1, -0.05) is 70.9 Å². The molecule has 35 heavy (non-hydrogen) atoms. The second-order valence-corrected chi connectivity index (χ2v) is 10.0. The van der Waals surface area contributed by atoms with Crippen molar-refractivity contribution in [1.29, 1.82) is 0 Å². The minimum absolute atomic E-state index is 0.0485. The van der Waals surface area contributed by atoms with E-state index < -0.39 is 42.0 Å². The zero-order valence-electron chi connectivity index (χ0n) is 21.6. The highest BCUT2D eigenvalue weighted by Crippen LogP contribution is 2.20. The van der Waals surface area contributed by atoms with Gasteiger partial charge in [0, 0.05) is 6.42 Å². The van der Waals surface area contributed by atoms with E-state index in [0.29, 0.717) is 6.42 Å². The Labute approximate surface area is 208 Å². The molecular formula is C27H41N3O5. The van der Waals surface area contributed by atoms with E-state index >= 15 is 0 Å². The molecule has 1 aliphatic rings. The van der Waals surface area contributed by atoms with Gasteiger partial charge in [0.05, 0.1) is 6.42 Å². The molecule has 3 N–H and O–H groups in total. The molecule has 2 rings (SSSR count). The molecule has 1 heterocycles. The summed E-state index contributed by atoms with van der Waals surface area (Å²) in [6.07, 6.45) is 2.70. The van der Waals surface area contributed by atoms with Crippen molar-refractivity contribution < 1.29 is 23.9 Å². The van der Waals surface area contributed by atoms with Gasteiger partial charge < -0.3 is 20.7 Å². The van der Waals surface area contributed by atoms with Gasteiger partial charge in [0.2, 0.25) is 17.7 Å². The van der Waals surface area contributed by atoms with Gasteiger partial charge in [-0.3, -0.25) is 14.4 Å². The molecule has 8 nitrogen and oxygen atoms in total. The fraction of sp³-hybridized carbons (Fsp3) is 0.630. The summed E-state index contributed by atoms with van der Waals surface area (Å²) in [4.78, 5) is 52.1. The maximum absolute atomic E-state index is 13.1. The Morgan fingerprint density at radius 1 is 0.943 bits per heavy atom. The number of hydrogen-bond acceptors (Lipinski definition) is 5. The Hall–Kier alpha value is -2.90. The molecule has 0 aliphatic carbocycles. The average Bonchev–Trinajstić information content (AvgIpc) is 2.81. The lowest BCUT2D eigenvalue weighted by Gasteiger charge is -2.27. The molecule has 5 atom stereocenters. The lowest BCUT2D eigenvalue weighted by Crippen LogP contribution is -2.55. The minimum Gasteiger partial charge on any atom is -0.460 e. The number of benzene rings is 1. The van der Waals surface area contributed by atoms with E-state index in [2.05, 4.69) is 22.9 Å². The molecule has 0 spiro atoms. The van der Waals surface area contributed by atoms with Crippen LogP contribution in [-0.2, 0) is 30.3 Å². The highest BCUT2D eigenvalue weighted by atomic mass is 16.5. The SMILES string of the molecule is CCCC[C@H](C)[C@@H]1CC(=O)NC(Cc2ccccc2)C(=O)N[C@@H](C)C(=O)N[C@H](CC(C)C)C(=O)O1. The van der Waals surface area contributed by atoms with Crippen LogP contribution in [0.3, 0.4) is 0 Å². The van der Waals surface area contributed by atoms with Crippen LogP contribution in [0.1, 0.15) is 72.3 Å². The minimum atomic E-state index is -0.889. The van der Waals surface area contributed by atoms with Crippen LogP contribution in [0.5, 0.6) is 0 Å². The van der Waals surface area contributed by atoms with Crippen molar-refractivity contribution in [2.24, 2.45) is 11.8 Å². The van der Waals surface area contributed by atoms with Gasteiger partial charge in [0.1, 0.15) is 24.2 Å². The number of hydrogen-bond donors (Lipinski definition) is 3. The zero-order chi connectivity index (χ0) is 26.0. The van der Waals surface area contributed by atoms with Crippen LogP contribution in [0.25, 0.3) is 0 Å². The molecule has 1 aliphatic heterocycles. The first-order valence-electron chi connectivity index (χ1n) is 12.7. The van der Waals surface area contributed by atoms with Crippen LogP contribution in [0.2, 0.25) is 0 Å². The van der Waals surface area contributed by atoms with Crippen LogP contribution in [0.15, 0.2) is 30.3 Å². The number of unbranched alkanes of at least 4 members (excludes halogenated alkanes) is 1. The Bertz CT molecular complexity index is 858. The zero-order valence-corrected chi connectivity index (χ0v) is 21.6. The van der Waals surface area contributed by atoms with Gasteiger partial charge in [-0.05, 0) is 37.2 Å². The van der Waals surface area contributed by atoms with E-state index in [9.17, 15) is 19.2 Å². The van der Waals surface area contributed by atoms with Crippen molar-refractivity contribution in [2.45, 2.75) is 97.4 Å². The maximum Gasteiger partial charge on any atom is 0.328 e. The van der Waals surface area contributed by atoms with E-state index in [-0.39, 0.29) is 30.6 Å². The summed E-state index contributed by atoms with van der Waals surface area (Å²) in [5.41, 5.74) is 0.880. The smallest absolute Gasteiger partial charge is 0.328 e. The first kappa shape index (κ1) is 28.3. The molecule has 0 radical (unpaired) electrons. The predicted molar refractivity (Wildman–Crippen MR) is 134 cm³/mol. The summed E-state index contributed by atoms with van der Waals surface area (Å²) in [5, 5.41) is 8.26. The lowest BCUT2D eigenvalue weighted by molar-refractivity contribution is -0.157. The van der Waals surface area contributed by atoms with Crippen LogP contribution < -0.4 is 16.0 Å². The lowest BCUT2D eigenvalue weighted by atomic mass is 9.95. The topological polar surface area (TPSA) is 114 Å². The van der Waals surface area contributed by atoms with E-state index in [4.69, 9.17) is 4.74 Å². The van der Waals surface area contributed by atoms with Crippen LogP contribution in [-0.4, -0.2) is 47.9 Å². The van der Waals surface area contributed by atoms with Crippen LogP contribution in [0.4, 0.5) is 0 Å². The number of carbonyl (C=O) groups is 4. The Morgan fingerprint density at radius 2 is 1.63 bits per heavy atom. The third-order valence-corrected chi connectivity index (χ3v) is 6.30. The van der Waals surface area contributed by atoms with Crippen molar-refractivity contribution >= 4 is 23.7 Å². The molecular weight excluding hydrogens is 446 g/mol. The van der Waals surface area contributed by atoms with Gasteiger partial charge in [0.15, 0.2) is 0 Å². The van der Waals surface area contributed by atoms with E-state index in [1.54, 1.807) is 6.92 Å². The van der Waals surface area contributed by atoms with Crippen molar-refractivity contribution in [1.82, 2.24) is 16.0 Å². The number of ether oxygens (including phenoxy) is 1. The normalized spacial score (nSPS) is 25.3. The predicted octanol–water partition coefficient (Wildman–Crippen LogP) is 2.89. The third kappa shape index (κ3) is 9.34. The van der Waals surface area contributed by atoms with Gasteiger partial charge >= 0.3 is 5.97 Å². The third-order valence-electron chi connectivity index (χ3n) is 6.30. The molecule has 8 heteroatoms. The highest BCUT2D eigenvalue weighted by molar-refractivity contribution is 5.94. The summed E-state index contributed by atoms with van der Waals surface area (Å²) in [6, 6.07) is 6.76. The fourth-order valence-electron chi connectivity index (χ4n) is 4.16. The molecule has 194 valence electrons. The number of rotatable bonds is 8. The van der Waals surface area contributed by atoms with Crippen molar-refractivity contribution in [3.63, 3.8) is 0 Å². The van der Waals surface area contributed by atoms with Gasteiger partial charge in [-0.2, -0.15) is 0 Å². The molecule has 3 amide bonds. The largest absolute Gasteiger partial charge is 0.460 e. The summed E-state index contributed by atoms with van der Waals surface area (Å²) in [7, 11) is 0. The molecule has 1 fully saturated rings. The van der Waals surface area contributed by atoms with Crippen molar-refractivity contribution in [2.75, 3.05) is 0 Å². The molecule has 1 unspecified atom stereocenters. The maximum atomic E-state index is 13.1. The number of carbonyl (C=O) groups excluding carboxylic acids is 4. The quantitative estimate of drug-likeness (QED) is 0.488. The summed E-state index contributed by atoms with van der Waals surface area (Å²) < 4.78 is 5.85. The van der Waals surface area contributed by atoms with E-state index in [0.717, 1.165) is 24.8 Å². The number of nitrogens with one attached hydrogen (secondary N) is 3. The summed E-state index contributed by atoms with van der Waals surface area (Å²) in [5.74, 6) is -1.76. The highest BCUT2D eigenvalue weighted by Gasteiger charge is 2.33. The van der Waals surface area contributed by atoms with Gasteiger partial charge in [0.25, 0.3) is 0 Å². The molecule has 1 aromatic rings.